The Hall–Kier alpha value is -0.830. The second-order valence-corrected chi connectivity index (χ2v) is 10.1. The molecule has 0 amide bonds. The second-order valence-electron chi connectivity index (χ2n) is 10.1. The average Bonchev–Trinajstić information content (AvgIpc) is 3.14. The van der Waals surface area contributed by atoms with Gasteiger partial charge in [0.15, 0.2) is 0 Å². The van der Waals surface area contributed by atoms with E-state index < -0.39 is 0 Å². The molecule has 3 heteroatoms. The van der Waals surface area contributed by atoms with E-state index in [1.807, 2.05) is 0 Å². The number of allylic oxidation sites excluding steroid dienone is 1. The first-order valence-electron chi connectivity index (χ1n) is 10.8. The van der Waals surface area contributed by atoms with Crippen LogP contribution in [-0.4, -0.2) is 36.6 Å². The molecule has 6 rings (SSSR count). The fourth-order valence-electron chi connectivity index (χ4n) is 8.75. The van der Waals surface area contributed by atoms with E-state index in [4.69, 9.17) is 4.74 Å². The summed E-state index contributed by atoms with van der Waals surface area (Å²) in [6.07, 6.45) is 12.4. The summed E-state index contributed by atoms with van der Waals surface area (Å²) >= 11 is 0. The van der Waals surface area contributed by atoms with Crippen molar-refractivity contribution in [3.05, 3.63) is 11.6 Å². The lowest BCUT2D eigenvalue weighted by molar-refractivity contribution is -0.174. The standard InChI is InChI=1S/C22H31NO2/c1-14-11-23-12-16-6-5-15-3-2-4-18(15)22-10-8-19(24)25-13-21(16,22)9-7-17(14)20(22)23/h4,14-17,20H,2-3,5-13H2,1H3/t14-,15-,16-,17-,20+,21-,22-/m1/s1. The number of piperidine rings is 1. The molecular weight excluding hydrogens is 310 g/mol. The normalized spacial score (nSPS) is 54.0. The van der Waals surface area contributed by atoms with Gasteiger partial charge in [-0.15, -0.1) is 0 Å². The molecule has 3 nitrogen and oxygen atoms in total. The van der Waals surface area contributed by atoms with Crippen LogP contribution in [0.3, 0.4) is 0 Å². The predicted molar refractivity (Wildman–Crippen MR) is 95.8 cm³/mol. The molecule has 3 aliphatic heterocycles. The quantitative estimate of drug-likeness (QED) is 0.496. The molecule has 25 heavy (non-hydrogen) atoms. The third-order valence-electron chi connectivity index (χ3n) is 9.52. The van der Waals surface area contributed by atoms with Crippen molar-refractivity contribution in [1.82, 2.24) is 4.90 Å². The minimum atomic E-state index is 0.0682. The molecule has 136 valence electrons. The summed E-state index contributed by atoms with van der Waals surface area (Å²) in [6.45, 7) is 5.76. The molecule has 4 bridgehead atoms. The topological polar surface area (TPSA) is 29.5 Å². The molecule has 0 radical (unpaired) electrons. The number of nitrogens with zero attached hydrogens (tertiary/aromatic N) is 1. The molecule has 0 N–H and O–H groups in total. The molecule has 6 aliphatic rings. The Bertz CT molecular complexity index is 656. The molecule has 0 aromatic rings. The highest BCUT2D eigenvalue weighted by Gasteiger charge is 2.72. The number of carbonyl (C=O) groups is 1. The highest BCUT2D eigenvalue weighted by molar-refractivity contribution is 5.70. The summed E-state index contributed by atoms with van der Waals surface area (Å²) in [5, 5.41) is 0. The molecule has 0 spiro atoms. The molecular formula is C22H31NO2. The highest BCUT2D eigenvalue weighted by atomic mass is 16.5. The van der Waals surface area contributed by atoms with Crippen LogP contribution < -0.4 is 0 Å². The van der Waals surface area contributed by atoms with Gasteiger partial charge in [0.05, 0.1) is 6.61 Å². The zero-order chi connectivity index (χ0) is 16.8. The monoisotopic (exact) mass is 341 g/mol. The first kappa shape index (κ1) is 15.2. The number of fused-ring (bicyclic) bond motifs is 1. The second kappa shape index (κ2) is 4.91. The Morgan fingerprint density at radius 1 is 1.16 bits per heavy atom. The zero-order valence-electron chi connectivity index (χ0n) is 15.5. The maximum Gasteiger partial charge on any atom is 0.305 e. The Morgan fingerprint density at radius 2 is 2.08 bits per heavy atom. The van der Waals surface area contributed by atoms with Gasteiger partial charge < -0.3 is 4.74 Å². The third kappa shape index (κ3) is 1.66. The number of rotatable bonds is 0. The van der Waals surface area contributed by atoms with E-state index in [1.165, 1.54) is 51.6 Å². The number of hydrogen-bond acceptors (Lipinski definition) is 3. The summed E-state index contributed by atoms with van der Waals surface area (Å²) in [5.41, 5.74) is 2.28. The van der Waals surface area contributed by atoms with Crippen LogP contribution in [0.4, 0.5) is 0 Å². The molecule has 0 aromatic carbocycles. The molecule has 0 aromatic heterocycles. The number of carbonyl (C=O) groups excluding carboxylic acids is 1. The summed E-state index contributed by atoms with van der Waals surface area (Å²) in [7, 11) is 0. The maximum atomic E-state index is 12.4. The molecule has 5 fully saturated rings. The number of cyclic esters (lactones) is 1. The first-order valence-corrected chi connectivity index (χ1v) is 10.8. The van der Waals surface area contributed by atoms with Crippen LogP contribution in [-0.2, 0) is 9.53 Å². The lowest BCUT2D eigenvalue weighted by Crippen LogP contribution is -2.68. The van der Waals surface area contributed by atoms with Gasteiger partial charge in [-0.05, 0) is 68.6 Å². The number of esters is 1. The fraction of sp³-hybridized carbons (Fsp3) is 0.864. The predicted octanol–water partition coefficient (Wildman–Crippen LogP) is 3.79. The van der Waals surface area contributed by atoms with Crippen LogP contribution in [0, 0.1) is 34.5 Å². The first-order chi connectivity index (χ1) is 12.2. The lowest BCUT2D eigenvalue weighted by atomic mass is 9.42. The van der Waals surface area contributed by atoms with Crippen LogP contribution in [0.2, 0.25) is 0 Å². The SMILES string of the molecule is C[C@@H]1CN2C[C@H]3CC[C@H]4CCC=C4[C@@]45CCC(=O)OC[C@]34CC[C@H]1[C@H]25. The summed E-state index contributed by atoms with van der Waals surface area (Å²) < 4.78 is 5.92. The molecule has 3 saturated heterocycles. The summed E-state index contributed by atoms with van der Waals surface area (Å²) in [4.78, 5) is 15.2. The van der Waals surface area contributed by atoms with Crippen molar-refractivity contribution in [3.63, 3.8) is 0 Å². The van der Waals surface area contributed by atoms with Gasteiger partial charge in [0.25, 0.3) is 0 Å². The molecule has 2 saturated carbocycles. The smallest absolute Gasteiger partial charge is 0.305 e. The van der Waals surface area contributed by atoms with E-state index in [-0.39, 0.29) is 16.8 Å². The van der Waals surface area contributed by atoms with Crippen LogP contribution in [0.25, 0.3) is 0 Å². The Kier molecular flexibility index (Phi) is 2.99. The van der Waals surface area contributed by atoms with E-state index >= 15 is 0 Å². The molecule has 7 atom stereocenters. The van der Waals surface area contributed by atoms with E-state index in [0.717, 1.165) is 30.1 Å². The Balaban J connectivity index is 1.62. The number of hydrogen-bond donors (Lipinski definition) is 0. The van der Waals surface area contributed by atoms with Crippen molar-refractivity contribution in [2.24, 2.45) is 34.5 Å². The minimum absolute atomic E-state index is 0.0682. The Morgan fingerprint density at radius 3 is 3.00 bits per heavy atom. The minimum Gasteiger partial charge on any atom is -0.465 e. The van der Waals surface area contributed by atoms with E-state index in [1.54, 1.807) is 5.57 Å². The summed E-state index contributed by atoms with van der Waals surface area (Å²) in [6, 6.07) is 0.687. The zero-order valence-corrected chi connectivity index (χ0v) is 15.5. The molecule has 3 heterocycles. The van der Waals surface area contributed by atoms with Crippen molar-refractivity contribution >= 4 is 5.97 Å². The van der Waals surface area contributed by atoms with Gasteiger partial charge in [-0.1, -0.05) is 18.6 Å². The molecule has 0 unspecified atom stereocenters. The van der Waals surface area contributed by atoms with Crippen molar-refractivity contribution < 1.29 is 9.53 Å². The Labute approximate surface area is 151 Å². The summed E-state index contributed by atoms with van der Waals surface area (Å²) in [5.74, 6) is 3.25. The highest BCUT2D eigenvalue weighted by Crippen LogP contribution is 2.73. The van der Waals surface area contributed by atoms with Crippen LogP contribution in [0.15, 0.2) is 11.6 Å². The van der Waals surface area contributed by atoms with Gasteiger partial charge in [-0.25, -0.2) is 0 Å². The van der Waals surface area contributed by atoms with Crippen molar-refractivity contribution in [2.45, 2.75) is 64.3 Å². The maximum absolute atomic E-state index is 12.4. The van der Waals surface area contributed by atoms with E-state index in [2.05, 4.69) is 17.9 Å². The van der Waals surface area contributed by atoms with Crippen LogP contribution >= 0.6 is 0 Å². The van der Waals surface area contributed by atoms with Crippen molar-refractivity contribution in [2.75, 3.05) is 19.7 Å². The van der Waals surface area contributed by atoms with Crippen molar-refractivity contribution in [3.8, 4) is 0 Å². The fourth-order valence-corrected chi connectivity index (χ4v) is 8.75. The van der Waals surface area contributed by atoms with E-state index in [0.29, 0.717) is 19.1 Å². The van der Waals surface area contributed by atoms with Crippen molar-refractivity contribution in [1.29, 1.82) is 0 Å². The van der Waals surface area contributed by atoms with Crippen LogP contribution in [0.5, 0.6) is 0 Å². The van der Waals surface area contributed by atoms with Gasteiger partial charge in [0.1, 0.15) is 0 Å². The lowest BCUT2D eigenvalue weighted by Gasteiger charge is -2.66. The van der Waals surface area contributed by atoms with Crippen LogP contribution in [0.1, 0.15) is 58.3 Å². The number of ether oxygens (including phenoxy) is 1. The van der Waals surface area contributed by atoms with Gasteiger partial charge in [-0.3, -0.25) is 9.69 Å². The van der Waals surface area contributed by atoms with Gasteiger partial charge in [0.2, 0.25) is 0 Å². The van der Waals surface area contributed by atoms with Gasteiger partial charge in [-0.2, -0.15) is 0 Å². The average molecular weight is 341 g/mol. The van der Waals surface area contributed by atoms with Gasteiger partial charge in [0, 0.05) is 36.4 Å². The molecule has 3 aliphatic carbocycles. The largest absolute Gasteiger partial charge is 0.465 e. The third-order valence-corrected chi connectivity index (χ3v) is 9.52. The van der Waals surface area contributed by atoms with Gasteiger partial charge >= 0.3 is 5.97 Å². The van der Waals surface area contributed by atoms with E-state index in [9.17, 15) is 4.79 Å².